The molecule has 1 saturated carbocycles. The van der Waals surface area contributed by atoms with Gasteiger partial charge in [-0.25, -0.2) is 4.79 Å². The van der Waals surface area contributed by atoms with Crippen molar-refractivity contribution in [3.05, 3.63) is 20.8 Å². The average molecular weight is 321 g/mol. The van der Waals surface area contributed by atoms with Crippen LogP contribution >= 0.6 is 0 Å². The number of fused-ring (bicyclic) bond motifs is 1. The average Bonchev–Trinajstić information content (AvgIpc) is 2.71. The van der Waals surface area contributed by atoms with Crippen LogP contribution in [0.1, 0.15) is 32.1 Å². The van der Waals surface area contributed by atoms with Crippen molar-refractivity contribution in [2.75, 3.05) is 12.4 Å². The minimum absolute atomic E-state index is 0.124. The molecular formula is C15H23N5O3. The van der Waals surface area contributed by atoms with Crippen LogP contribution in [0.15, 0.2) is 9.59 Å². The van der Waals surface area contributed by atoms with Crippen LogP contribution in [-0.2, 0) is 18.8 Å². The number of nitrogens with zero attached hydrogens (tertiary/aromatic N) is 3. The van der Waals surface area contributed by atoms with Crippen molar-refractivity contribution in [2.45, 2.75) is 44.2 Å². The Morgan fingerprint density at radius 2 is 1.91 bits per heavy atom. The molecule has 8 heteroatoms. The van der Waals surface area contributed by atoms with E-state index < -0.39 is 11.2 Å². The monoisotopic (exact) mass is 321 g/mol. The van der Waals surface area contributed by atoms with Crippen molar-refractivity contribution in [3.63, 3.8) is 0 Å². The van der Waals surface area contributed by atoms with Gasteiger partial charge in [-0.1, -0.05) is 19.3 Å². The van der Waals surface area contributed by atoms with E-state index in [0.29, 0.717) is 17.1 Å². The molecule has 1 fully saturated rings. The largest absolute Gasteiger partial charge is 0.379 e. The number of imidazole rings is 1. The number of aromatic nitrogens is 4. The lowest BCUT2D eigenvalue weighted by molar-refractivity contribution is 0.0804. The Morgan fingerprint density at radius 3 is 2.65 bits per heavy atom. The molecule has 0 aromatic carbocycles. The van der Waals surface area contributed by atoms with Crippen LogP contribution in [0.3, 0.4) is 0 Å². The van der Waals surface area contributed by atoms with Gasteiger partial charge >= 0.3 is 5.69 Å². The van der Waals surface area contributed by atoms with Gasteiger partial charge in [-0.2, -0.15) is 4.98 Å². The second kappa shape index (κ2) is 6.19. The molecule has 2 atom stereocenters. The highest BCUT2D eigenvalue weighted by Gasteiger charge is 2.25. The molecule has 8 nitrogen and oxygen atoms in total. The molecular weight excluding hydrogens is 298 g/mol. The number of nitrogens with one attached hydrogen (secondary N) is 2. The van der Waals surface area contributed by atoms with Gasteiger partial charge < -0.3 is 14.6 Å². The quantitative estimate of drug-likeness (QED) is 0.813. The van der Waals surface area contributed by atoms with Crippen molar-refractivity contribution in [1.29, 1.82) is 0 Å². The van der Waals surface area contributed by atoms with Gasteiger partial charge in [-0.3, -0.25) is 14.3 Å². The molecule has 2 aromatic heterocycles. The highest BCUT2D eigenvalue weighted by Crippen LogP contribution is 2.24. The standard InChI is InChI=1S/C15H23N5O3/c1-19-11-12(20(2)15(22)18-13(11)21)17-14(19)16-9-7-5-4-6-8-10(9)23-3/h9-10H,4-8H2,1-3H3,(H,16,17)(H,18,21,22)/t9-,10-/m1/s1. The van der Waals surface area contributed by atoms with E-state index in [4.69, 9.17) is 4.74 Å². The van der Waals surface area contributed by atoms with Crippen molar-refractivity contribution in [3.8, 4) is 0 Å². The Morgan fingerprint density at radius 1 is 1.17 bits per heavy atom. The number of anilines is 1. The zero-order valence-corrected chi connectivity index (χ0v) is 13.8. The van der Waals surface area contributed by atoms with Crippen molar-refractivity contribution in [2.24, 2.45) is 14.1 Å². The lowest BCUT2D eigenvalue weighted by atomic mass is 10.1. The predicted molar refractivity (Wildman–Crippen MR) is 87.9 cm³/mol. The summed E-state index contributed by atoms with van der Waals surface area (Å²) in [5.74, 6) is 0.584. The SMILES string of the molecule is CO[C@@H]1CCCCC[C@H]1Nc1nc2c(c(=O)[nH]c(=O)n2C)n1C. The Bertz CT molecular complexity index is 819. The van der Waals surface area contributed by atoms with Crippen LogP contribution in [0.5, 0.6) is 0 Å². The second-order valence-corrected chi connectivity index (χ2v) is 6.15. The first-order chi connectivity index (χ1) is 11.0. The predicted octanol–water partition coefficient (Wildman–Crippen LogP) is 0.720. The third kappa shape index (κ3) is 2.78. The Balaban J connectivity index is 2.01. The maximum absolute atomic E-state index is 12.1. The molecule has 0 saturated heterocycles. The van der Waals surface area contributed by atoms with E-state index in [1.165, 1.54) is 11.0 Å². The summed E-state index contributed by atoms with van der Waals surface area (Å²) < 4.78 is 8.66. The summed E-state index contributed by atoms with van der Waals surface area (Å²) in [5.41, 5.74) is -0.116. The van der Waals surface area contributed by atoms with Crippen LogP contribution in [0.25, 0.3) is 11.2 Å². The molecule has 0 bridgehead atoms. The van der Waals surface area contributed by atoms with E-state index in [1.54, 1.807) is 25.8 Å². The molecule has 0 spiro atoms. The number of hydrogen-bond donors (Lipinski definition) is 2. The number of rotatable bonds is 3. The fourth-order valence-electron chi connectivity index (χ4n) is 3.32. The minimum Gasteiger partial charge on any atom is -0.379 e. The number of aromatic amines is 1. The van der Waals surface area contributed by atoms with Crippen LogP contribution in [0.4, 0.5) is 5.95 Å². The van der Waals surface area contributed by atoms with Crippen LogP contribution in [0, 0.1) is 0 Å². The van der Waals surface area contributed by atoms with E-state index in [1.807, 2.05) is 0 Å². The molecule has 1 aliphatic rings. The van der Waals surface area contributed by atoms with Gasteiger partial charge in [0, 0.05) is 21.2 Å². The summed E-state index contributed by atoms with van der Waals surface area (Å²) in [6.07, 6.45) is 5.64. The first-order valence-electron chi connectivity index (χ1n) is 7.98. The summed E-state index contributed by atoms with van der Waals surface area (Å²) in [7, 11) is 5.10. The van der Waals surface area contributed by atoms with Gasteiger partial charge in [0.05, 0.1) is 12.1 Å². The number of H-pyrrole nitrogens is 1. The van der Waals surface area contributed by atoms with Gasteiger partial charge in [0.15, 0.2) is 11.2 Å². The number of methoxy groups -OCH3 is 1. The highest BCUT2D eigenvalue weighted by molar-refractivity contribution is 5.73. The molecule has 126 valence electrons. The van der Waals surface area contributed by atoms with Crippen LogP contribution in [0.2, 0.25) is 0 Å². The van der Waals surface area contributed by atoms with Crippen LogP contribution < -0.4 is 16.6 Å². The zero-order chi connectivity index (χ0) is 16.6. The first kappa shape index (κ1) is 15.8. The maximum Gasteiger partial charge on any atom is 0.329 e. The summed E-state index contributed by atoms with van der Waals surface area (Å²) in [6, 6.07) is 0.147. The molecule has 0 unspecified atom stereocenters. The molecule has 3 rings (SSSR count). The fraction of sp³-hybridized carbons (Fsp3) is 0.667. The number of aryl methyl sites for hydroxylation is 2. The molecule has 0 radical (unpaired) electrons. The van der Waals surface area contributed by atoms with Gasteiger partial charge in [0.1, 0.15) is 0 Å². The Labute approximate surface area is 133 Å². The Kier molecular flexibility index (Phi) is 4.25. The van der Waals surface area contributed by atoms with E-state index in [9.17, 15) is 9.59 Å². The topological polar surface area (TPSA) is 93.9 Å². The fourth-order valence-corrected chi connectivity index (χ4v) is 3.32. The minimum atomic E-state index is -0.462. The lowest BCUT2D eigenvalue weighted by Crippen LogP contribution is -2.35. The normalized spacial score (nSPS) is 22.2. The first-order valence-corrected chi connectivity index (χ1v) is 7.98. The summed E-state index contributed by atoms with van der Waals surface area (Å²) in [4.78, 5) is 30.6. The van der Waals surface area contributed by atoms with Crippen LogP contribution in [-0.4, -0.2) is 38.4 Å². The van der Waals surface area contributed by atoms with E-state index in [0.717, 1.165) is 25.7 Å². The zero-order valence-electron chi connectivity index (χ0n) is 13.8. The van der Waals surface area contributed by atoms with Gasteiger partial charge in [0.25, 0.3) is 5.56 Å². The molecule has 0 aliphatic heterocycles. The molecule has 2 aromatic rings. The lowest BCUT2D eigenvalue weighted by Gasteiger charge is -2.25. The second-order valence-electron chi connectivity index (χ2n) is 6.15. The smallest absolute Gasteiger partial charge is 0.329 e. The highest BCUT2D eigenvalue weighted by atomic mass is 16.5. The van der Waals surface area contributed by atoms with E-state index in [2.05, 4.69) is 15.3 Å². The number of hydrogen-bond acceptors (Lipinski definition) is 5. The van der Waals surface area contributed by atoms with Gasteiger partial charge in [0.2, 0.25) is 5.95 Å². The molecule has 1 aliphatic carbocycles. The van der Waals surface area contributed by atoms with E-state index >= 15 is 0 Å². The summed E-state index contributed by atoms with van der Waals surface area (Å²) in [5, 5.41) is 3.41. The van der Waals surface area contributed by atoms with Crippen molar-refractivity contribution >= 4 is 17.1 Å². The molecule has 2 heterocycles. The molecule has 0 amide bonds. The van der Waals surface area contributed by atoms with Crippen molar-refractivity contribution < 1.29 is 4.74 Å². The van der Waals surface area contributed by atoms with Gasteiger partial charge in [-0.05, 0) is 12.8 Å². The summed E-state index contributed by atoms with van der Waals surface area (Å²) >= 11 is 0. The maximum atomic E-state index is 12.1. The van der Waals surface area contributed by atoms with Crippen molar-refractivity contribution in [1.82, 2.24) is 19.1 Å². The molecule has 23 heavy (non-hydrogen) atoms. The summed E-state index contributed by atoms with van der Waals surface area (Å²) in [6.45, 7) is 0. The Hall–Kier alpha value is -2.09. The molecule has 2 N–H and O–H groups in total. The van der Waals surface area contributed by atoms with Gasteiger partial charge in [-0.15, -0.1) is 0 Å². The van der Waals surface area contributed by atoms with E-state index in [-0.39, 0.29) is 12.1 Å². The number of ether oxygens (including phenoxy) is 1. The third-order valence-corrected chi connectivity index (χ3v) is 4.70. The third-order valence-electron chi connectivity index (χ3n) is 4.70.